The fourth-order valence-electron chi connectivity index (χ4n) is 0.658. The lowest BCUT2D eigenvalue weighted by Gasteiger charge is -2.00. The summed E-state index contributed by atoms with van der Waals surface area (Å²) in [4.78, 5) is 14.0. The Morgan fingerprint density at radius 3 is 2.92 bits per heavy atom. The van der Waals surface area contributed by atoms with Gasteiger partial charge in [-0.25, -0.2) is 9.37 Å². The summed E-state index contributed by atoms with van der Waals surface area (Å²) >= 11 is 0. The van der Waals surface area contributed by atoms with Gasteiger partial charge in [0.15, 0.2) is 0 Å². The summed E-state index contributed by atoms with van der Waals surface area (Å²) in [6.45, 7) is -0.00136. The van der Waals surface area contributed by atoms with Crippen molar-refractivity contribution in [2.24, 2.45) is 5.73 Å². The molecule has 1 aromatic rings. The van der Waals surface area contributed by atoms with E-state index in [1.165, 1.54) is 12.1 Å². The zero-order valence-corrected chi connectivity index (χ0v) is 6.25. The summed E-state index contributed by atoms with van der Waals surface area (Å²) in [5, 5.41) is 2.62. The van der Waals surface area contributed by atoms with Crippen LogP contribution in [-0.4, -0.2) is 17.4 Å². The molecule has 64 valence electrons. The number of pyridine rings is 1. The minimum absolute atomic E-state index is 0.00136. The minimum atomic E-state index is -0.485. The van der Waals surface area contributed by atoms with Crippen LogP contribution in [0, 0.1) is 5.82 Å². The first-order valence-corrected chi connectivity index (χ1v) is 3.32. The van der Waals surface area contributed by atoms with Crippen molar-refractivity contribution in [3.63, 3.8) is 0 Å². The van der Waals surface area contributed by atoms with E-state index in [-0.39, 0.29) is 6.54 Å². The zero-order valence-electron chi connectivity index (χ0n) is 6.25. The highest BCUT2D eigenvalue weighted by Gasteiger charge is 1.95. The van der Waals surface area contributed by atoms with Crippen LogP contribution in [0.5, 0.6) is 0 Å². The number of primary amides is 1. The third-order valence-electron chi connectivity index (χ3n) is 1.17. The third-order valence-corrected chi connectivity index (χ3v) is 1.17. The van der Waals surface area contributed by atoms with Gasteiger partial charge in [-0.2, -0.15) is 0 Å². The van der Waals surface area contributed by atoms with Crippen LogP contribution >= 0.6 is 0 Å². The van der Waals surface area contributed by atoms with Crippen LogP contribution in [0.4, 0.5) is 10.2 Å². The van der Waals surface area contributed by atoms with E-state index < -0.39 is 11.7 Å². The second-order valence-electron chi connectivity index (χ2n) is 2.18. The van der Waals surface area contributed by atoms with Gasteiger partial charge in [-0.15, -0.1) is 0 Å². The summed E-state index contributed by atoms with van der Waals surface area (Å²) in [6, 6.07) is 2.68. The molecule has 4 nitrogen and oxygen atoms in total. The summed E-state index contributed by atoms with van der Waals surface area (Å²) in [6.07, 6.45) is 1.06. The topological polar surface area (TPSA) is 68.0 Å². The van der Waals surface area contributed by atoms with Crippen molar-refractivity contribution in [2.45, 2.75) is 0 Å². The molecular weight excluding hydrogens is 161 g/mol. The highest BCUT2D eigenvalue weighted by atomic mass is 19.1. The van der Waals surface area contributed by atoms with E-state index in [1.54, 1.807) is 0 Å². The van der Waals surface area contributed by atoms with Gasteiger partial charge in [-0.1, -0.05) is 0 Å². The number of aromatic nitrogens is 1. The molecule has 1 heterocycles. The number of halogens is 1. The molecule has 12 heavy (non-hydrogen) atoms. The Labute approximate surface area is 68.6 Å². The van der Waals surface area contributed by atoms with Crippen LogP contribution in [0.3, 0.4) is 0 Å². The van der Waals surface area contributed by atoms with Crippen molar-refractivity contribution in [1.29, 1.82) is 0 Å². The van der Waals surface area contributed by atoms with Crippen LogP contribution in [0.2, 0.25) is 0 Å². The Morgan fingerprint density at radius 1 is 1.67 bits per heavy atom. The number of hydrogen-bond acceptors (Lipinski definition) is 3. The lowest BCUT2D eigenvalue weighted by molar-refractivity contribution is -0.116. The molecular formula is C7H8FN3O. The molecule has 5 heteroatoms. The number of carbonyl (C=O) groups excluding carboxylic acids is 1. The normalized spacial score (nSPS) is 9.42. The standard InChI is InChI=1S/C7H8FN3O/c8-5-1-2-7(10-3-5)11-4-6(9)12/h1-3H,4H2,(H2,9,12)(H,10,11). The van der Waals surface area contributed by atoms with E-state index in [4.69, 9.17) is 5.73 Å². The van der Waals surface area contributed by atoms with Gasteiger partial charge in [0, 0.05) is 0 Å². The summed E-state index contributed by atoms with van der Waals surface area (Å²) in [5.74, 6) is -0.476. The molecule has 0 aromatic carbocycles. The second kappa shape index (κ2) is 3.66. The second-order valence-corrected chi connectivity index (χ2v) is 2.18. The maximum absolute atomic E-state index is 12.3. The van der Waals surface area contributed by atoms with Gasteiger partial charge in [0.25, 0.3) is 0 Å². The van der Waals surface area contributed by atoms with Crippen molar-refractivity contribution < 1.29 is 9.18 Å². The number of nitrogens with two attached hydrogens (primary N) is 1. The smallest absolute Gasteiger partial charge is 0.236 e. The molecule has 0 fully saturated rings. The largest absolute Gasteiger partial charge is 0.368 e. The van der Waals surface area contributed by atoms with Gasteiger partial charge >= 0.3 is 0 Å². The predicted octanol–water partition coefficient (Wildman–Crippen LogP) is 0.118. The minimum Gasteiger partial charge on any atom is -0.368 e. The molecule has 0 aliphatic heterocycles. The number of rotatable bonds is 3. The van der Waals surface area contributed by atoms with Crippen molar-refractivity contribution in [2.75, 3.05) is 11.9 Å². The molecule has 0 spiro atoms. The quantitative estimate of drug-likeness (QED) is 0.675. The first-order chi connectivity index (χ1) is 5.68. The van der Waals surface area contributed by atoms with Gasteiger partial charge in [-0.05, 0) is 12.1 Å². The highest BCUT2D eigenvalue weighted by Crippen LogP contribution is 2.01. The molecule has 1 amide bonds. The summed E-state index contributed by atoms with van der Waals surface area (Å²) < 4.78 is 12.3. The maximum atomic E-state index is 12.3. The lowest BCUT2D eigenvalue weighted by atomic mass is 10.4. The molecule has 3 N–H and O–H groups in total. The average molecular weight is 169 g/mol. The number of amides is 1. The molecule has 0 atom stereocenters. The predicted molar refractivity (Wildman–Crippen MR) is 41.9 cm³/mol. The Hall–Kier alpha value is -1.65. The van der Waals surface area contributed by atoms with Crippen LogP contribution in [0.25, 0.3) is 0 Å². The molecule has 0 saturated heterocycles. The molecule has 0 unspecified atom stereocenters. The Bertz CT molecular complexity index is 272. The van der Waals surface area contributed by atoms with Gasteiger partial charge < -0.3 is 11.1 Å². The fourth-order valence-corrected chi connectivity index (χ4v) is 0.658. The average Bonchev–Trinajstić information content (AvgIpc) is 2.03. The van der Waals surface area contributed by atoms with Gasteiger partial charge in [0.05, 0.1) is 12.7 Å². The van der Waals surface area contributed by atoms with Crippen LogP contribution in [0.1, 0.15) is 0 Å². The third kappa shape index (κ3) is 2.53. The summed E-state index contributed by atoms with van der Waals surface area (Å²) in [7, 11) is 0. The molecule has 1 aromatic heterocycles. The van der Waals surface area contributed by atoms with Gasteiger partial charge in [0.2, 0.25) is 5.91 Å². The number of anilines is 1. The highest BCUT2D eigenvalue weighted by molar-refractivity contribution is 5.78. The van der Waals surface area contributed by atoms with Crippen LogP contribution in [0.15, 0.2) is 18.3 Å². The van der Waals surface area contributed by atoms with E-state index in [0.29, 0.717) is 5.82 Å². The maximum Gasteiger partial charge on any atom is 0.236 e. The Balaban J connectivity index is 2.53. The molecule has 0 aliphatic rings. The Kier molecular flexibility index (Phi) is 2.57. The molecule has 0 aliphatic carbocycles. The van der Waals surface area contributed by atoms with E-state index in [2.05, 4.69) is 10.3 Å². The number of nitrogens with zero attached hydrogens (tertiary/aromatic N) is 1. The van der Waals surface area contributed by atoms with Gasteiger partial charge in [0.1, 0.15) is 11.6 Å². The van der Waals surface area contributed by atoms with Crippen LogP contribution < -0.4 is 11.1 Å². The Morgan fingerprint density at radius 2 is 2.42 bits per heavy atom. The van der Waals surface area contributed by atoms with E-state index in [1.807, 2.05) is 0 Å². The van der Waals surface area contributed by atoms with E-state index in [9.17, 15) is 9.18 Å². The first kappa shape index (κ1) is 8.45. The fraction of sp³-hybridized carbons (Fsp3) is 0.143. The number of hydrogen-bond donors (Lipinski definition) is 2. The first-order valence-electron chi connectivity index (χ1n) is 3.32. The number of carbonyl (C=O) groups is 1. The van der Waals surface area contributed by atoms with Crippen molar-refractivity contribution in [3.8, 4) is 0 Å². The molecule has 0 bridgehead atoms. The monoisotopic (exact) mass is 169 g/mol. The van der Waals surface area contributed by atoms with Crippen molar-refractivity contribution >= 4 is 11.7 Å². The molecule has 0 radical (unpaired) electrons. The van der Waals surface area contributed by atoms with Gasteiger partial charge in [-0.3, -0.25) is 4.79 Å². The number of nitrogens with one attached hydrogen (secondary N) is 1. The van der Waals surface area contributed by atoms with Crippen molar-refractivity contribution in [1.82, 2.24) is 4.98 Å². The lowest BCUT2D eigenvalue weighted by Crippen LogP contribution is -2.22. The molecule has 1 rings (SSSR count). The van der Waals surface area contributed by atoms with Crippen LogP contribution in [-0.2, 0) is 4.79 Å². The van der Waals surface area contributed by atoms with E-state index in [0.717, 1.165) is 6.20 Å². The SMILES string of the molecule is NC(=O)CNc1ccc(F)cn1. The molecule has 0 saturated carbocycles. The summed E-state index contributed by atoms with van der Waals surface area (Å²) in [5.41, 5.74) is 4.87. The van der Waals surface area contributed by atoms with E-state index >= 15 is 0 Å². The zero-order chi connectivity index (χ0) is 8.97. The van der Waals surface area contributed by atoms with Crippen molar-refractivity contribution in [3.05, 3.63) is 24.1 Å².